The van der Waals surface area contributed by atoms with E-state index in [1.54, 1.807) is 54.6 Å². The highest BCUT2D eigenvalue weighted by Gasteiger charge is 2.32. The monoisotopic (exact) mass is 425 g/mol. The molecule has 5 nitrogen and oxygen atoms in total. The van der Waals surface area contributed by atoms with Gasteiger partial charge >= 0.3 is 0 Å². The molecular weight excluding hydrogens is 402 g/mol. The van der Waals surface area contributed by atoms with Crippen molar-refractivity contribution in [3.05, 3.63) is 99.6 Å². The molecule has 0 heterocycles. The van der Waals surface area contributed by atoms with Gasteiger partial charge in [-0.1, -0.05) is 54.1 Å². The number of benzene rings is 3. The second-order valence-electron chi connectivity index (χ2n) is 7.94. The van der Waals surface area contributed by atoms with Crippen LogP contribution in [-0.4, -0.2) is 24.1 Å². The summed E-state index contributed by atoms with van der Waals surface area (Å²) in [7, 11) is 0. The third-order valence-corrected chi connectivity index (χ3v) is 5.39. The van der Waals surface area contributed by atoms with Crippen LogP contribution >= 0.6 is 0 Å². The molecule has 1 amide bonds. The molecule has 0 fully saturated rings. The lowest BCUT2D eigenvalue weighted by molar-refractivity contribution is -0.118. The van der Waals surface area contributed by atoms with Crippen molar-refractivity contribution in [3.63, 3.8) is 0 Å². The second kappa shape index (κ2) is 8.63. The summed E-state index contributed by atoms with van der Waals surface area (Å²) in [5.74, 6) is -0.344. The van der Waals surface area contributed by atoms with E-state index in [2.05, 4.69) is 5.32 Å². The molecule has 1 aliphatic carbocycles. The van der Waals surface area contributed by atoms with Crippen LogP contribution in [0.15, 0.2) is 66.2 Å². The first-order valence-electron chi connectivity index (χ1n) is 10.3. The zero-order chi connectivity index (χ0) is 22.8. The summed E-state index contributed by atoms with van der Waals surface area (Å²) < 4.78 is 5.65. The van der Waals surface area contributed by atoms with Crippen molar-refractivity contribution in [3.8, 4) is 5.75 Å². The smallest absolute Gasteiger partial charge is 0.262 e. The van der Waals surface area contributed by atoms with Gasteiger partial charge in [-0.05, 0) is 55.7 Å². The van der Waals surface area contributed by atoms with Crippen LogP contribution in [0, 0.1) is 20.8 Å². The molecule has 0 saturated carbocycles. The van der Waals surface area contributed by atoms with Gasteiger partial charge in [0.05, 0.1) is 5.57 Å². The number of carbonyl (C=O) groups is 3. The Morgan fingerprint density at radius 3 is 2.12 bits per heavy atom. The van der Waals surface area contributed by atoms with Crippen molar-refractivity contribution in [2.45, 2.75) is 20.8 Å². The maximum atomic E-state index is 12.6. The number of hydrogen-bond acceptors (Lipinski definition) is 4. The maximum absolute atomic E-state index is 12.6. The fourth-order valence-electron chi connectivity index (χ4n) is 3.97. The van der Waals surface area contributed by atoms with Gasteiger partial charge < -0.3 is 10.1 Å². The Hall–Kier alpha value is -3.99. The summed E-state index contributed by atoms with van der Waals surface area (Å²) in [5.41, 5.74) is 5.56. The second-order valence-corrected chi connectivity index (χ2v) is 7.94. The number of Topliss-reactive ketones (excluding diaryl/α,β-unsaturated/α-hetero) is 2. The first-order valence-corrected chi connectivity index (χ1v) is 10.3. The number of ether oxygens (including phenoxy) is 1. The van der Waals surface area contributed by atoms with Gasteiger partial charge in [-0.2, -0.15) is 0 Å². The van der Waals surface area contributed by atoms with Crippen LogP contribution in [0.4, 0.5) is 5.69 Å². The van der Waals surface area contributed by atoms with Crippen LogP contribution in [0.2, 0.25) is 0 Å². The SMILES string of the molecule is Cc1cc(C)c(NC(=O)COc2cccc(C=C3C(=O)c4ccccc4C3=O)c2)c(C)c1. The number of hydrogen-bond donors (Lipinski definition) is 1. The van der Waals surface area contributed by atoms with E-state index in [0.717, 1.165) is 22.4 Å². The highest BCUT2D eigenvalue weighted by molar-refractivity contribution is 6.41. The normalized spacial score (nSPS) is 12.5. The van der Waals surface area contributed by atoms with Gasteiger partial charge in [0.15, 0.2) is 18.2 Å². The minimum Gasteiger partial charge on any atom is -0.484 e. The topological polar surface area (TPSA) is 72.5 Å². The molecule has 32 heavy (non-hydrogen) atoms. The zero-order valence-electron chi connectivity index (χ0n) is 18.2. The molecule has 0 unspecified atom stereocenters. The first kappa shape index (κ1) is 21.2. The van der Waals surface area contributed by atoms with E-state index in [0.29, 0.717) is 22.4 Å². The van der Waals surface area contributed by atoms with E-state index in [-0.39, 0.29) is 29.7 Å². The maximum Gasteiger partial charge on any atom is 0.262 e. The molecule has 3 aromatic carbocycles. The minimum absolute atomic E-state index is 0.131. The Morgan fingerprint density at radius 1 is 0.875 bits per heavy atom. The molecule has 1 N–H and O–H groups in total. The van der Waals surface area contributed by atoms with Crippen molar-refractivity contribution in [1.82, 2.24) is 0 Å². The Labute approximate surface area is 186 Å². The van der Waals surface area contributed by atoms with E-state index in [1.807, 2.05) is 32.9 Å². The summed E-state index contributed by atoms with van der Waals surface area (Å²) in [6.07, 6.45) is 1.57. The quantitative estimate of drug-likeness (QED) is 0.456. The molecule has 0 saturated heterocycles. The van der Waals surface area contributed by atoms with Crippen molar-refractivity contribution in [1.29, 1.82) is 0 Å². The molecule has 0 aromatic heterocycles. The Balaban J connectivity index is 1.45. The van der Waals surface area contributed by atoms with Gasteiger partial charge in [0.2, 0.25) is 0 Å². The van der Waals surface area contributed by atoms with E-state index in [9.17, 15) is 14.4 Å². The van der Waals surface area contributed by atoms with Crippen molar-refractivity contribution >= 4 is 29.2 Å². The van der Waals surface area contributed by atoms with Crippen LogP contribution < -0.4 is 10.1 Å². The van der Waals surface area contributed by atoms with E-state index in [4.69, 9.17) is 4.74 Å². The van der Waals surface area contributed by atoms with Gasteiger partial charge in [0.1, 0.15) is 5.75 Å². The summed E-state index contributed by atoms with van der Waals surface area (Å²) in [5, 5.41) is 2.91. The fraction of sp³-hybridized carbons (Fsp3) is 0.148. The Kier molecular flexibility index (Phi) is 5.73. The average molecular weight is 425 g/mol. The molecule has 3 aromatic rings. The van der Waals surface area contributed by atoms with E-state index < -0.39 is 0 Å². The summed E-state index contributed by atoms with van der Waals surface area (Å²) >= 11 is 0. The molecule has 1 aliphatic rings. The molecule has 5 heteroatoms. The van der Waals surface area contributed by atoms with Crippen LogP contribution in [0.1, 0.15) is 43.0 Å². The molecule has 0 bridgehead atoms. The lowest BCUT2D eigenvalue weighted by Gasteiger charge is -2.13. The highest BCUT2D eigenvalue weighted by atomic mass is 16.5. The molecule has 0 atom stereocenters. The number of carbonyl (C=O) groups excluding carboxylic acids is 3. The first-order chi connectivity index (χ1) is 15.3. The van der Waals surface area contributed by atoms with Crippen molar-refractivity contribution in [2.24, 2.45) is 0 Å². The molecular formula is C27H23NO4. The van der Waals surface area contributed by atoms with Crippen LogP contribution in [0.5, 0.6) is 5.75 Å². The van der Waals surface area contributed by atoms with Crippen molar-refractivity contribution < 1.29 is 19.1 Å². The number of nitrogens with one attached hydrogen (secondary N) is 1. The molecule has 160 valence electrons. The van der Waals surface area contributed by atoms with Crippen LogP contribution in [-0.2, 0) is 4.79 Å². The summed E-state index contributed by atoms with van der Waals surface area (Å²) in [4.78, 5) is 37.6. The number of ketones is 2. The number of fused-ring (bicyclic) bond motifs is 1. The Bertz CT molecular complexity index is 1230. The molecule has 4 rings (SSSR count). The standard InChI is InChI=1S/C27H23NO4/c1-16-11-17(2)25(18(3)12-16)28-24(29)15-32-20-8-6-7-19(13-20)14-23-26(30)21-9-4-5-10-22(21)27(23)31/h4-14H,15H2,1-3H3,(H,28,29). The zero-order valence-corrected chi connectivity index (χ0v) is 18.2. The van der Waals surface area contributed by atoms with E-state index in [1.165, 1.54) is 0 Å². The number of rotatable bonds is 5. The van der Waals surface area contributed by atoms with Gasteiger partial charge in [-0.3, -0.25) is 14.4 Å². The molecule has 0 spiro atoms. The summed E-state index contributed by atoms with van der Waals surface area (Å²) in [6.45, 7) is 5.77. The number of allylic oxidation sites excluding steroid dienone is 1. The Morgan fingerprint density at radius 2 is 1.50 bits per heavy atom. The predicted molar refractivity (Wildman–Crippen MR) is 124 cm³/mol. The van der Waals surface area contributed by atoms with Crippen LogP contribution in [0.3, 0.4) is 0 Å². The lowest BCUT2D eigenvalue weighted by Crippen LogP contribution is -2.21. The van der Waals surface area contributed by atoms with E-state index >= 15 is 0 Å². The minimum atomic E-state index is -0.278. The number of aryl methyl sites for hydroxylation is 3. The fourth-order valence-corrected chi connectivity index (χ4v) is 3.97. The van der Waals surface area contributed by atoms with Crippen LogP contribution in [0.25, 0.3) is 6.08 Å². The molecule has 0 aliphatic heterocycles. The van der Waals surface area contributed by atoms with Crippen molar-refractivity contribution in [2.75, 3.05) is 11.9 Å². The number of amides is 1. The third kappa shape index (κ3) is 4.23. The average Bonchev–Trinajstić information content (AvgIpc) is 3.00. The highest BCUT2D eigenvalue weighted by Crippen LogP contribution is 2.28. The van der Waals surface area contributed by atoms with Gasteiger partial charge in [0.25, 0.3) is 5.91 Å². The summed E-state index contributed by atoms with van der Waals surface area (Å²) in [6, 6.07) is 17.8. The predicted octanol–water partition coefficient (Wildman–Crippen LogP) is 5.09. The van der Waals surface area contributed by atoms with Gasteiger partial charge in [-0.15, -0.1) is 0 Å². The van der Waals surface area contributed by atoms with Gasteiger partial charge in [0, 0.05) is 16.8 Å². The third-order valence-electron chi connectivity index (χ3n) is 5.39. The molecule has 0 radical (unpaired) electrons. The largest absolute Gasteiger partial charge is 0.484 e. The lowest BCUT2D eigenvalue weighted by atomic mass is 10.1. The van der Waals surface area contributed by atoms with Gasteiger partial charge in [-0.25, -0.2) is 0 Å². The number of anilines is 1.